The highest BCUT2D eigenvalue weighted by Crippen LogP contribution is 2.01. The molecular formula is C8H15NO4. The minimum atomic E-state index is -1.03. The van der Waals surface area contributed by atoms with E-state index < -0.39 is 17.9 Å². The summed E-state index contributed by atoms with van der Waals surface area (Å²) in [7, 11) is 1.38. The van der Waals surface area contributed by atoms with E-state index in [-0.39, 0.29) is 12.5 Å². The molecule has 0 heterocycles. The molecule has 0 aromatic carbocycles. The van der Waals surface area contributed by atoms with Gasteiger partial charge in [-0.3, -0.25) is 4.79 Å². The van der Waals surface area contributed by atoms with Crippen molar-refractivity contribution in [2.24, 2.45) is 5.92 Å². The maximum Gasteiger partial charge on any atom is 0.326 e. The van der Waals surface area contributed by atoms with Gasteiger partial charge in [0, 0.05) is 7.11 Å². The molecule has 0 aromatic rings. The predicted molar refractivity (Wildman–Crippen MR) is 46.3 cm³/mol. The van der Waals surface area contributed by atoms with Crippen molar-refractivity contribution in [3.8, 4) is 0 Å². The fourth-order valence-electron chi connectivity index (χ4n) is 0.860. The van der Waals surface area contributed by atoms with E-state index in [0.717, 1.165) is 0 Å². The maximum absolute atomic E-state index is 11.0. The molecule has 0 bridgehead atoms. The fraction of sp³-hybridized carbons (Fsp3) is 0.750. The predicted octanol–water partition coefficient (Wildman–Crippen LogP) is -0.142. The standard InChI is InChI=1S/C8H15NO4/c1-5(2)7(8(11)12)9-6(10)4-13-3/h5,7H,4H2,1-3H3,(H,9,10)(H,11,12)/t7-/m0/s1. The van der Waals surface area contributed by atoms with Gasteiger partial charge in [0.15, 0.2) is 0 Å². The van der Waals surface area contributed by atoms with Crippen LogP contribution in [-0.2, 0) is 14.3 Å². The number of carbonyl (C=O) groups excluding carboxylic acids is 1. The van der Waals surface area contributed by atoms with Crippen molar-refractivity contribution in [1.29, 1.82) is 0 Å². The van der Waals surface area contributed by atoms with Crippen molar-refractivity contribution in [3.05, 3.63) is 0 Å². The van der Waals surface area contributed by atoms with E-state index in [9.17, 15) is 9.59 Å². The molecule has 0 aliphatic heterocycles. The second kappa shape index (κ2) is 5.53. The molecule has 13 heavy (non-hydrogen) atoms. The molecule has 0 aliphatic carbocycles. The molecule has 0 unspecified atom stereocenters. The average molecular weight is 189 g/mol. The summed E-state index contributed by atoms with van der Waals surface area (Å²) in [6, 6.07) is -0.845. The first-order chi connectivity index (χ1) is 5.99. The Morgan fingerprint density at radius 3 is 2.31 bits per heavy atom. The highest BCUT2D eigenvalue weighted by molar-refractivity contribution is 5.84. The third-order valence-corrected chi connectivity index (χ3v) is 1.52. The highest BCUT2D eigenvalue weighted by atomic mass is 16.5. The summed E-state index contributed by atoms with van der Waals surface area (Å²) in [5.74, 6) is -1.58. The molecule has 5 heteroatoms. The zero-order chi connectivity index (χ0) is 10.4. The van der Waals surface area contributed by atoms with E-state index >= 15 is 0 Å². The van der Waals surface area contributed by atoms with Crippen molar-refractivity contribution >= 4 is 11.9 Å². The summed E-state index contributed by atoms with van der Waals surface area (Å²) in [5, 5.41) is 11.1. The molecule has 1 atom stereocenters. The third kappa shape index (κ3) is 4.47. The third-order valence-electron chi connectivity index (χ3n) is 1.52. The van der Waals surface area contributed by atoms with Crippen molar-refractivity contribution in [3.63, 3.8) is 0 Å². The van der Waals surface area contributed by atoms with Crippen molar-refractivity contribution in [2.45, 2.75) is 19.9 Å². The van der Waals surface area contributed by atoms with Crippen LogP contribution in [0.4, 0.5) is 0 Å². The van der Waals surface area contributed by atoms with E-state index in [0.29, 0.717) is 0 Å². The summed E-state index contributed by atoms with van der Waals surface area (Å²) < 4.78 is 4.56. The van der Waals surface area contributed by atoms with Crippen LogP contribution in [0.25, 0.3) is 0 Å². The van der Waals surface area contributed by atoms with Crippen molar-refractivity contribution in [1.82, 2.24) is 5.32 Å². The number of amides is 1. The molecule has 0 spiro atoms. The topological polar surface area (TPSA) is 75.6 Å². The molecule has 0 fully saturated rings. The van der Waals surface area contributed by atoms with Crippen LogP contribution < -0.4 is 5.32 Å². The van der Waals surface area contributed by atoms with Crippen LogP contribution in [0.5, 0.6) is 0 Å². The molecule has 1 amide bonds. The molecule has 2 N–H and O–H groups in total. The van der Waals surface area contributed by atoms with E-state index in [4.69, 9.17) is 5.11 Å². The molecule has 0 aromatic heterocycles. The Morgan fingerprint density at radius 1 is 1.46 bits per heavy atom. The van der Waals surface area contributed by atoms with Gasteiger partial charge in [-0.15, -0.1) is 0 Å². The van der Waals surface area contributed by atoms with Gasteiger partial charge in [-0.05, 0) is 5.92 Å². The van der Waals surface area contributed by atoms with Gasteiger partial charge in [-0.1, -0.05) is 13.8 Å². The highest BCUT2D eigenvalue weighted by Gasteiger charge is 2.22. The van der Waals surface area contributed by atoms with E-state index in [2.05, 4.69) is 10.1 Å². The number of aliphatic carboxylic acids is 1. The largest absolute Gasteiger partial charge is 0.480 e. The van der Waals surface area contributed by atoms with Gasteiger partial charge in [0.05, 0.1) is 0 Å². The smallest absolute Gasteiger partial charge is 0.326 e. The van der Waals surface area contributed by atoms with Crippen LogP contribution in [-0.4, -0.2) is 36.7 Å². The van der Waals surface area contributed by atoms with Gasteiger partial charge >= 0.3 is 5.97 Å². The minimum Gasteiger partial charge on any atom is -0.480 e. The van der Waals surface area contributed by atoms with E-state index in [1.165, 1.54) is 7.11 Å². The number of hydrogen-bond donors (Lipinski definition) is 2. The molecule has 0 saturated heterocycles. The molecule has 76 valence electrons. The first-order valence-electron chi connectivity index (χ1n) is 4.00. The van der Waals surface area contributed by atoms with Crippen LogP contribution in [0.1, 0.15) is 13.8 Å². The zero-order valence-corrected chi connectivity index (χ0v) is 8.03. The van der Waals surface area contributed by atoms with Crippen LogP contribution in [0.15, 0.2) is 0 Å². The van der Waals surface area contributed by atoms with Crippen molar-refractivity contribution in [2.75, 3.05) is 13.7 Å². The fourth-order valence-corrected chi connectivity index (χ4v) is 0.860. The summed E-state index contributed by atoms with van der Waals surface area (Å²) in [4.78, 5) is 21.6. The maximum atomic E-state index is 11.0. The number of carboxylic acids is 1. The van der Waals surface area contributed by atoms with E-state index in [1.54, 1.807) is 13.8 Å². The van der Waals surface area contributed by atoms with Gasteiger partial charge in [0.25, 0.3) is 0 Å². The van der Waals surface area contributed by atoms with Gasteiger partial charge < -0.3 is 15.2 Å². The van der Waals surface area contributed by atoms with Crippen LogP contribution >= 0.6 is 0 Å². The van der Waals surface area contributed by atoms with Gasteiger partial charge in [-0.25, -0.2) is 4.79 Å². The minimum absolute atomic E-state index is 0.115. The molecule has 0 rings (SSSR count). The Labute approximate surface area is 77.1 Å². The van der Waals surface area contributed by atoms with E-state index in [1.807, 2.05) is 0 Å². The molecule has 0 saturated carbocycles. The number of rotatable bonds is 5. The second-order valence-electron chi connectivity index (χ2n) is 3.06. The lowest BCUT2D eigenvalue weighted by molar-refractivity contribution is -0.143. The Morgan fingerprint density at radius 2 is 2.00 bits per heavy atom. The number of ether oxygens (including phenoxy) is 1. The van der Waals surface area contributed by atoms with Gasteiger partial charge in [-0.2, -0.15) is 0 Å². The normalized spacial score (nSPS) is 12.6. The lowest BCUT2D eigenvalue weighted by Crippen LogP contribution is -2.45. The monoisotopic (exact) mass is 189 g/mol. The van der Waals surface area contributed by atoms with Crippen LogP contribution in [0.3, 0.4) is 0 Å². The van der Waals surface area contributed by atoms with Crippen LogP contribution in [0.2, 0.25) is 0 Å². The van der Waals surface area contributed by atoms with Crippen molar-refractivity contribution < 1.29 is 19.4 Å². The number of carboxylic acid groups (broad SMARTS) is 1. The summed E-state index contributed by atoms with van der Waals surface area (Å²) in [6.07, 6.45) is 0. The Kier molecular flexibility index (Phi) is 5.06. The summed E-state index contributed by atoms with van der Waals surface area (Å²) in [6.45, 7) is 3.34. The average Bonchev–Trinajstić information content (AvgIpc) is 1.99. The van der Waals surface area contributed by atoms with Gasteiger partial charge in [0.1, 0.15) is 12.6 Å². The number of nitrogens with one attached hydrogen (secondary N) is 1. The molecule has 0 radical (unpaired) electrons. The Hall–Kier alpha value is -1.10. The first kappa shape index (κ1) is 11.9. The Balaban J connectivity index is 4.10. The zero-order valence-electron chi connectivity index (χ0n) is 8.03. The quantitative estimate of drug-likeness (QED) is 0.631. The molecule has 5 nitrogen and oxygen atoms in total. The lowest BCUT2D eigenvalue weighted by Gasteiger charge is -2.17. The molecule has 0 aliphatic rings. The SMILES string of the molecule is COCC(=O)N[C@H](C(=O)O)C(C)C. The number of methoxy groups -OCH3 is 1. The summed E-state index contributed by atoms with van der Waals surface area (Å²) >= 11 is 0. The first-order valence-corrected chi connectivity index (χ1v) is 4.00. The van der Waals surface area contributed by atoms with Crippen LogP contribution in [0, 0.1) is 5.92 Å². The second-order valence-corrected chi connectivity index (χ2v) is 3.06. The number of hydrogen-bond acceptors (Lipinski definition) is 3. The number of carbonyl (C=O) groups is 2. The summed E-state index contributed by atoms with van der Waals surface area (Å²) in [5.41, 5.74) is 0. The Bertz CT molecular complexity index is 191. The van der Waals surface area contributed by atoms with Gasteiger partial charge in [0.2, 0.25) is 5.91 Å². The molecular weight excluding hydrogens is 174 g/mol. The lowest BCUT2D eigenvalue weighted by atomic mass is 10.1.